The average molecular weight is 224 g/mol. The van der Waals surface area contributed by atoms with Crippen molar-refractivity contribution in [1.82, 2.24) is 9.53 Å². The molecule has 6 heteroatoms. The Morgan fingerprint density at radius 2 is 2.33 bits per heavy atom. The van der Waals surface area contributed by atoms with E-state index in [4.69, 9.17) is 10.3 Å². The highest BCUT2D eigenvalue weighted by Crippen LogP contribution is 2.20. The van der Waals surface area contributed by atoms with E-state index in [9.17, 15) is 0 Å². The van der Waals surface area contributed by atoms with Gasteiger partial charge in [-0.05, 0) is 25.4 Å². The van der Waals surface area contributed by atoms with Gasteiger partial charge in [-0.2, -0.15) is 4.37 Å². The molecule has 0 amide bonds. The Labute approximate surface area is 91.4 Å². The number of anilines is 2. The third-order valence-electron chi connectivity index (χ3n) is 2.15. The van der Waals surface area contributed by atoms with Gasteiger partial charge in [-0.25, -0.2) is 0 Å². The second kappa shape index (κ2) is 3.90. The van der Waals surface area contributed by atoms with Gasteiger partial charge in [0.25, 0.3) is 0 Å². The van der Waals surface area contributed by atoms with Crippen LogP contribution in [0.25, 0.3) is 0 Å². The maximum Gasteiger partial charge on any atom is 0.139 e. The average Bonchev–Trinajstić information content (AvgIpc) is 2.73. The summed E-state index contributed by atoms with van der Waals surface area (Å²) in [6, 6.07) is 1.81. The molecule has 0 aliphatic heterocycles. The largest absolute Gasteiger partial charge is 0.383 e. The van der Waals surface area contributed by atoms with Crippen molar-refractivity contribution in [2.45, 2.75) is 20.4 Å². The molecule has 80 valence electrons. The van der Waals surface area contributed by atoms with Crippen molar-refractivity contribution in [3.8, 4) is 0 Å². The number of hydrogen-bond acceptors (Lipinski definition) is 6. The van der Waals surface area contributed by atoms with Crippen LogP contribution in [0.2, 0.25) is 0 Å². The van der Waals surface area contributed by atoms with Crippen molar-refractivity contribution in [2.75, 3.05) is 11.1 Å². The molecule has 15 heavy (non-hydrogen) atoms. The first-order valence-electron chi connectivity index (χ1n) is 4.54. The molecule has 2 aromatic heterocycles. The predicted octanol–water partition coefficient (Wildman–Crippen LogP) is 1.94. The zero-order chi connectivity index (χ0) is 10.8. The van der Waals surface area contributed by atoms with Crippen LogP contribution < -0.4 is 11.1 Å². The maximum absolute atomic E-state index is 5.52. The molecule has 0 aromatic carbocycles. The summed E-state index contributed by atoms with van der Waals surface area (Å²) >= 11 is 1.35. The lowest BCUT2D eigenvalue weighted by atomic mass is 10.2. The van der Waals surface area contributed by atoms with Crippen molar-refractivity contribution in [3.05, 3.63) is 23.1 Å². The van der Waals surface area contributed by atoms with Gasteiger partial charge in [0.05, 0.1) is 5.69 Å². The molecule has 5 nitrogen and oxygen atoms in total. The quantitative estimate of drug-likeness (QED) is 0.833. The fourth-order valence-electron chi connectivity index (χ4n) is 1.30. The number of hydrogen-bond donors (Lipinski definition) is 2. The molecule has 0 fully saturated rings. The van der Waals surface area contributed by atoms with Gasteiger partial charge in [0, 0.05) is 18.2 Å². The highest BCUT2D eigenvalue weighted by atomic mass is 32.1. The summed E-state index contributed by atoms with van der Waals surface area (Å²) in [5, 5.41) is 8.06. The summed E-state index contributed by atoms with van der Waals surface area (Å²) < 4.78 is 9.04. The third-order valence-corrected chi connectivity index (χ3v) is 2.91. The minimum absolute atomic E-state index is 0.543. The van der Waals surface area contributed by atoms with Crippen LogP contribution in [-0.4, -0.2) is 9.53 Å². The van der Waals surface area contributed by atoms with E-state index in [0.29, 0.717) is 12.4 Å². The monoisotopic (exact) mass is 224 g/mol. The maximum atomic E-state index is 5.52. The standard InChI is InChI=1S/C9H12N4OS/c1-5-7(6(2)14-12-5)4-11-9-3-8(10)13-15-9/h3,11H,4H2,1-2H3,(H2,10,13). The van der Waals surface area contributed by atoms with Crippen molar-refractivity contribution in [2.24, 2.45) is 0 Å². The zero-order valence-corrected chi connectivity index (χ0v) is 9.39. The number of nitrogens with two attached hydrogens (primary N) is 1. The van der Waals surface area contributed by atoms with Gasteiger partial charge in [-0.3, -0.25) is 0 Å². The molecule has 0 spiro atoms. The third kappa shape index (κ3) is 2.10. The fourth-order valence-corrected chi connectivity index (χ4v) is 1.87. The van der Waals surface area contributed by atoms with E-state index in [0.717, 1.165) is 22.0 Å². The topological polar surface area (TPSA) is 77.0 Å². The number of nitrogens with zero attached hydrogens (tertiary/aromatic N) is 2. The minimum Gasteiger partial charge on any atom is -0.383 e. The van der Waals surface area contributed by atoms with Crippen LogP contribution in [-0.2, 0) is 6.54 Å². The van der Waals surface area contributed by atoms with E-state index in [1.54, 1.807) is 0 Å². The molecule has 0 radical (unpaired) electrons. The summed E-state index contributed by atoms with van der Waals surface area (Å²) in [5.74, 6) is 1.39. The SMILES string of the molecule is Cc1noc(C)c1CNc1cc(N)ns1. The first kappa shape index (κ1) is 9.97. The van der Waals surface area contributed by atoms with Crippen LogP contribution in [0.4, 0.5) is 10.8 Å². The number of nitrogens with one attached hydrogen (secondary N) is 1. The second-order valence-electron chi connectivity index (χ2n) is 3.27. The lowest BCUT2D eigenvalue weighted by Crippen LogP contribution is -1.99. The summed E-state index contributed by atoms with van der Waals surface area (Å²) in [6.07, 6.45) is 0. The summed E-state index contributed by atoms with van der Waals surface area (Å²) in [7, 11) is 0. The van der Waals surface area contributed by atoms with Crippen LogP contribution >= 0.6 is 11.5 Å². The zero-order valence-electron chi connectivity index (χ0n) is 8.57. The van der Waals surface area contributed by atoms with Gasteiger partial charge in [0.15, 0.2) is 0 Å². The van der Waals surface area contributed by atoms with Crippen LogP contribution in [0.1, 0.15) is 17.0 Å². The van der Waals surface area contributed by atoms with Gasteiger partial charge >= 0.3 is 0 Å². The van der Waals surface area contributed by atoms with Crippen molar-refractivity contribution in [1.29, 1.82) is 0 Å². The lowest BCUT2D eigenvalue weighted by molar-refractivity contribution is 0.392. The number of rotatable bonds is 3. The van der Waals surface area contributed by atoms with Crippen molar-refractivity contribution < 1.29 is 4.52 Å². The van der Waals surface area contributed by atoms with Crippen LogP contribution in [0, 0.1) is 13.8 Å². The van der Waals surface area contributed by atoms with Crippen LogP contribution in [0.5, 0.6) is 0 Å². The van der Waals surface area contributed by atoms with E-state index in [-0.39, 0.29) is 0 Å². The molecule has 0 unspecified atom stereocenters. The Kier molecular flexibility index (Phi) is 2.59. The molecule has 0 saturated heterocycles. The summed E-state index contributed by atoms with van der Waals surface area (Å²) in [4.78, 5) is 0. The normalized spacial score (nSPS) is 10.5. The molecule has 0 aliphatic carbocycles. The Morgan fingerprint density at radius 3 is 2.87 bits per heavy atom. The van der Waals surface area contributed by atoms with Gasteiger partial charge in [0.1, 0.15) is 16.6 Å². The van der Waals surface area contributed by atoms with E-state index in [1.807, 2.05) is 19.9 Å². The Hall–Kier alpha value is -1.56. The van der Waals surface area contributed by atoms with E-state index >= 15 is 0 Å². The van der Waals surface area contributed by atoms with Crippen LogP contribution in [0.15, 0.2) is 10.6 Å². The highest BCUT2D eigenvalue weighted by molar-refractivity contribution is 7.10. The number of aromatic nitrogens is 2. The fraction of sp³-hybridized carbons (Fsp3) is 0.333. The highest BCUT2D eigenvalue weighted by Gasteiger charge is 2.08. The van der Waals surface area contributed by atoms with Gasteiger partial charge in [-0.15, -0.1) is 0 Å². The number of aryl methyl sites for hydroxylation is 2. The molecular formula is C9H12N4OS. The summed E-state index contributed by atoms with van der Waals surface area (Å²) in [6.45, 7) is 4.51. The Bertz CT molecular complexity index is 443. The Morgan fingerprint density at radius 1 is 1.53 bits per heavy atom. The summed E-state index contributed by atoms with van der Waals surface area (Å²) in [5.41, 5.74) is 7.52. The first-order valence-corrected chi connectivity index (χ1v) is 5.32. The van der Waals surface area contributed by atoms with Gasteiger partial charge in [-0.1, -0.05) is 5.16 Å². The molecule has 2 heterocycles. The minimum atomic E-state index is 0.543. The molecule has 0 atom stereocenters. The molecular weight excluding hydrogens is 212 g/mol. The molecule has 2 rings (SSSR count). The second-order valence-corrected chi connectivity index (χ2v) is 4.08. The lowest BCUT2D eigenvalue weighted by Gasteiger charge is -2.01. The van der Waals surface area contributed by atoms with E-state index < -0.39 is 0 Å². The first-order chi connectivity index (χ1) is 7.16. The molecule has 3 N–H and O–H groups in total. The van der Waals surface area contributed by atoms with E-state index in [1.165, 1.54) is 11.5 Å². The molecule has 0 bridgehead atoms. The number of nitrogen functional groups attached to an aromatic ring is 1. The van der Waals surface area contributed by atoms with Crippen molar-refractivity contribution >= 4 is 22.4 Å². The smallest absolute Gasteiger partial charge is 0.139 e. The molecule has 2 aromatic rings. The van der Waals surface area contributed by atoms with Crippen molar-refractivity contribution in [3.63, 3.8) is 0 Å². The predicted molar refractivity (Wildman–Crippen MR) is 59.8 cm³/mol. The van der Waals surface area contributed by atoms with E-state index in [2.05, 4.69) is 14.8 Å². The van der Waals surface area contributed by atoms with Crippen LogP contribution in [0.3, 0.4) is 0 Å². The van der Waals surface area contributed by atoms with Gasteiger partial charge < -0.3 is 15.6 Å². The van der Waals surface area contributed by atoms with Gasteiger partial charge in [0.2, 0.25) is 0 Å². The molecule has 0 saturated carbocycles. The molecule has 0 aliphatic rings. The Balaban J connectivity index is 2.05.